The zero-order valence-corrected chi connectivity index (χ0v) is 12.6. The van der Waals surface area contributed by atoms with Crippen molar-refractivity contribution in [2.75, 3.05) is 25.0 Å². The summed E-state index contributed by atoms with van der Waals surface area (Å²) in [4.78, 5) is 18.6. The topological polar surface area (TPSA) is 45.2 Å². The van der Waals surface area contributed by atoms with Gasteiger partial charge in [0.05, 0.1) is 11.9 Å². The zero-order chi connectivity index (χ0) is 14.4. The molecule has 1 aromatic heterocycles. The molecule has 0 aliphatic carbocycles. The molecule has 110 valence electrons. The number of hydrogen-bond acceptors (Lipinski definition) is 3. The van der Waals surface area contributed by atoms with Crippen LogP contribution in [0.1, 0.15) is 50.0 Å². The van der Waals surface area contributed by atoms with Crippen molar-refractivity contribution in [1.29, 1.82) is 0 Å². The summed E-state index contributed by atoms with van der Waals surface area (Å²) in [5, 5.41) is 3.31. The van der Waals surface area contributed by atoms with Crippen LogP contribution < -0.4 is 5.32 Å². The first-order valence-electron chi connectivity index (χ1n) is 7.66. The highest BCUT2D eigenvalue weighted by Crippen LogP contribution is 2.14. The Balaban J connectivity index is 1.96. The smallest absolute Gasteiger partial charge is 0.272 e. The molecule has 1 saturated heterocycles. The predicted molar refractivity (Wildman–Crippen MR) is 81.9 cm³/mol. The van der Waals surface area contributed by atoms with E-state index >= 15 is 0 Å². The summed E-state index contributed by atoms with van der Waals surface area (Å²) < 4.78 is 0. The van der Waals surface area contributed by atoms with Crippen LogP contribution in [0.15, 0.2) is 18.3 Å². The van der Waals surface area contributed by atoms with Crippen molar-refractivity contribution in [2.45, 2.75) is 39.5 Å². The molecule has 2 rings (SSSR count). The van der Waals surface area contributed by atoms with Gasteiger partial charge >= 0.3 is 0 Å². The number of rotatable bonds is 4. The summed E-state index contributed by atoms with van der Waals surface area (Å²) >= 11 is 0. The Morgan fingerprint density at radius 3 is 2.50 bits per heavy atom. The van der Waals surface area contributed by atoms with Gasteiger partial charge in [-0.05, 0) is 30.9 Å². The molecule has 0 bridgehead atoms. The van der Waals surface area contributed by atoms with Crippen LogP contribution in [0.2, 0.25) is 0 Å². The number of pyridine rings is 1. The molecule has 2 heterocycles. The molecule has 20 heavy (non-hydrogen) atoms. The summed E-state index contributed by atoms with van der Waals surface area (Å²) in [7, 11) is 0. The summed E-state index contributed by atoms with van der Waals surface area (Å²) in [5.74, 6) is 0.663. The quantitative estimate of drug-likeness (QED) is 0.918. The van der Waals surface area contributed by atoms with Crippen molar-refractivity contribution in [3.8, 4) is 0 Å². The van der Waals surface area contributed by atoms with Crippen LogP contribution in [-0.2, 0) is 0 Å². The highest BCUT2D eigenvalue weighted by molar-refractivity contribution is 5.92. The minimum atomic E-state index is 0.0716. The van der Waals surface area contributed by atoms with E-state index in [1.54, 1.807) is 6.20 Å². The van der Waals surface area contributed by atoms with E-state index in [0.29, 0.717) is 11.6 Å². The summed E-state index contributed by atoms with van der Waals surface area (Å²) in [6.45, 7) is 6.98. The molecule has 0 saturated carbocycles. The maximum atomic E-state index is 12.4. The lowest BCUT2D eigenvalue weighted by molar-refractivity contribution is 0.0756. The Hall–Kier alpha value is -1.58. The first kappa shape index (κ1) is 14.8. The number of amides is 1. The number of nitrogens with one attached hydrogen (secondary N) is 1. The first-order chi connectivity index (χ1) is 9.66. The molecule has 1 aliphatic rings. The lowest BCUT2D eigenvalue weighted by Gasteiger charge is -2.19. The second kappa shape index (κ2) is 7.27. The minimum Gasteiger partial charge on any atom is -0.384 e. The lowest BCUT2D eigenvalue weighted by atomic mass is 10.2. The van der Waals surface area contributed by atoms with Gasteiger partial charge in [-0.3, -0.25) is 4.79 Å². The van der Waals surface area contributed by atoms with E-state index in [-0.39, 0.29) is 5.91 Å². The number of aromatic nitrogens is 1. The fourth-order valence-electron chi connectivity index (χ4n) is 2.38. The van der Waals surface area contributed by atoms with E-state index in [4.69, 9.17) is 0 Å². The number of anilines is 1. The van der Waals surface area contributed by atoms with Gasteiger partial charge in [0.2, 0.25) is 0 Å². The molecular weight excluding hydrogens is 250 g/mol. The van der Waals surface area contributed by atoms with Crippen LogP contribution in [-0.4, -0.2) is 35.4 Å². The number of carbonyl (C=O) groups is 1. The van der Waals surface area contributed by atoms with Crippen molar-refractivity contribution in [1.82, 2.24) is 9.88 Å². The molecule has 1 N–H and O–H groups in total. The summed E-state index contributed by atoms with van der Waals surface area (Å²) in [5.41, 5.74) is 1.54. The van der Waals surface area contributed by atoms with Crippen LogP contribution in [0, 0.1) is 5.92 Å². The first-order valence-corrected chi connectivity index (χ1v) is 7.66. The van der Waals surface area contributed by atoms with Gasteiger partial charge in [0, 0.05) is 19.6 Å². The molecular formula is C16H25N3O. The van der Waals surface area contributed by atoms with Gasteiger partial charge in [0.1, 0.15) is 5.69 Å². The van der Waals surface area contributed by atoms with Crippen LogP contribution in [0.5, 0.6) is 0 Å². The number of likely N-dealkylation sites (tertiary alicyclic amines) is 1. The number of nitrogens with zero attached hydrogens (tertiary/aromatic N) is 2. The van der Waals surface area contributed by atoms with E-state index in [0.717, 1.165) is 38.2 Å². The van der Waals surface area contributed by atoms with Crippen LogP contribution in [0.25, 0.3) is 0 Å². The third-order valence-corrected chi connectivity index (χ3v) is 3.59. The molecule has 1 aliphatic heterocycles. The maximum Gasteiger partial charge on any atom is 0.272 e. The van der Waals surface area contributed by atoms with Crippen LogP contribution in [0.4, 0.5) is 5.69 Å². The zero-order valence-electron chi connectivity index (χ0n) is 12.6. The lowest BCUT2D eigenvalue weighted by Crippen LogP contribution is -2.32. The molecule has 0 spiro atoms. The van der Waals surface area contributed by atoms with Crippen LogP contribution >= 0.6 is 0 Å². The fraction of sp³-hybridized carbons (Fsp3) is 0.625. The monoisotopic (exact) mass is 275 g/mol. The highest BCUT2D eigenvalue weighted by Gasteiger charge is 2.18. The third-order valence-electron chi connectivity index (χ3n) is 3.59. The SMILES string of the molecule is CC(C)CNc1ccc(C(=O)N2CCCCCC2)nc1. The largest absolute Gasteiger partial charge is 0.384 e. The van der Waals surface area contributed by atoms with E-state index < -0.39 is 0 Å². The molecule has 0 unspecified atom stereocenters. The minimum absolute atomic E-state index is 0.0716. The Kier molecular flexibility index (Phi) is 5.39. The molecule has 1 fully saturated rings. The van der Waals surface area contributed by atoms with Gasteiger partial charge in [-0.1, -0.05) is 26.7 Å². The van der Waals surface area contributed by atoms with Gasteiger partial charge < -0.3 is 10.2 Å². The Bertz CT molecular complexity index is 420. The van der Waals surface area contributed by atoms with Crippen molar-refractivity contribution in [3.63, 3.8) is 0 Å². The Morgan fingerprint density at radius 1 is 1.25 bits per heavy atom. The average molecular weight is 275 g/mol. The van der Waals surface area contributed by atoms with Crippen molar-refractivity contribution < 1.29 is 4.79 Å². The van der Waals surface area contributed by atoms with E-state index in [2.05, 4.69) is 24.1 Å². The van der Waals surface area contributed by atoms with E-state index in [1.165, 1.54) is 12.8 Å². The van der Waals surface area contributed by atoms with Gasteiger partial charge in [-0.2, -0.15) is 0 Å². The molecule has 4 nitrogen and oxygen atoms in total. The Morgan fingerprint density at radius 2 is 1.95 bits per heavy atom. The predicted octanol–water partition coefficient (Wildman–Crippen LogP) is 3.17. The average Bonchev–Trinajstić information content (AvgIpc) is 2.74. The van der Waals surface area contributed by atoms with Gasteiger partial charge in [0.25, 0.3) is 5.91 Å². The van der Waals surface area contributed by atoms with Gasteiger partial charge in [0.15, 0.2) is 0 Å². The normalized spacial score (nSPS) is 16.1. The van der Waals surface area contributed by atoms with Crippen LogP contribution in [0.3, 0.4) is 0 Å². The molecule has 0 atom stereocenters. The number of hydrogen-bond donors (Lipinski definition) is 1. The molecule has 0 radical (unpaired) electrons. The van der Waals surface area contributed by atoms with Gasteiger partial charge in [-0.15, -0.1) is 0 Å². The second-order valence-electron chi connectivity index (χ2n) is 5.91. The van der Waals surface area contributed by atoms with Gasteiger partial charge in [-0.25, -0.2) is 4.98 Å². The van der Waals surface area contributed by atoms with Crippen molar-refractivity contribution in [3.05, 3.63) is 24.0 Å². The maximum absolute atomic E-state index is 12.4. The van der Waals surface area contributed by atoms with E-state index in [9.17, 15) is 4.79 Å². The molecule has 1 amide bonds. The molecule has 1 aromatic rings. The summed E-state index contributed by atoms with van der Waals surface area (Å²) in [6.07, 6.45) is 6.44. The summed E-state index contributed by atoms with van der Waals surface area (Å²) in [6, 6.07) is 3.77. The standard InChI is InChI=1S/C16H25N3O/c1-13(2)11-17-14-7-8-15(18-12-14)16(20)19-9-5-3-4-6-10-19/h7-8,12-13,17H,3-6,9-11H2,1-2H3. The molecule has 4 heteroatoms. The third kappa shape index (κ3) is 4.22. The molecule has 0 aromatic carbocycles. The fourth-order valence-corrected chi connectivity index (χ4v) is 2.38. The van der Waals surface area contributed by atoms with E-state index in [1.807, 2.05) is 17.0 Å². The second-order valence-corrected chi connectivity index (χ2v) is 5.91. The highest BCUT2D eigenvalue weighted by atomic mass is 16.2. The Labute approximate surface area is 121 Å². The van der Waals surface area contributed by atoms with Crippen molar-refractivity contribution in [2.24, 2.45) is 5.92 Å². The van der Waals surface area contributed by atoms with Crippen molar-refractivity contribution >= 4 is 11.6 Å². The number of carbonyl (C=O) groups excluding carboxylic acids is 1.